The van der Waals surface area contributed by atoms with Crippen LogP contribution in [0.25, 0.3) is 0 Å². The van der Waals surface area contributed by atoms with Crippen LogP contribution in [-0.4, -0.2) is 56.0 Å². The molecule has 7 nitrogen and oxygen atoms in total. The fourth-order valence-electron chi connectivity index (χ4n) is 1.14. The zero-order chi connectivity index (χ0) is 14.1. The van der Waals surface area contributed by atoms with Gasteiger partial charge in [-0.05, 0) is 20.9 Å². The number of carbonyl (C=O) groups excluding carboxylic acids is 2. The highest BCUT2D eigenvalue weighted by Crippen LogP contribution is 2.01. The third kappa shape index (κ3) is 6.41. The van der Waals surface area contributed by atoms with Crippen molar-refractivity contribution in [1.82, 2.24) is 10.2 Å². The third-order valence-electron chi connectivity index (χ3n) is 2.19. The highest BCUT2D eigenvalue weighted by molar-refractivity contribution is 5.75. The maximum Gasteiger partial charge on any atom is 0.412 e. The SMILES string of the molecule is CCN(CCNC)C(=O)OC(C)OC(=O)C(C)N. The van der Waals surface area contributed by atoms with Crippen molar-refractivity contribution < 1.29 is 19.1 Å². The van der Waals surface area contributed by atoms with Gasteiger partial charge < -0.3 is 25.4 Å². The van der Waals surface area contributed by atoms with Crippen LogP contribution in [0.2, 0.25) is 0 Å². The molecule has 0 bridgehead atoms. The van der Waals surface area contributed by atoms with Gasteiger partial charge in [-0.25, -0.2) is 4.79 Å². The molecular formula is C11H23N3O4. The van der Waals surface area contributed by atoms with Crippen LogP contribution in [-0.2, 0) is 14.3 Å². The minimum absolute atomic E-state index is 0.516. The molecule has 0 aliphatic heterocycles. The molecule has 0 radical (unpaired) electrons. The quantitative estimate of drug-likeness (QED) is 0.491. The molecule has 2 atom stereocenters. The molecule has 3 N–H and O–H groups in total. The van der Waals surface area contributed by atoms with E-state index < -0.39 is 24.4 Å². The Labute approximate surface area is 108 Å². The van der Waals surface area contributed by atoms with Gasteiger partial charge >= 0.3 is 12.1 Å². The third-order valence-corrected chi connectivity index (χ3v) is 2.19. The van der Waals surface area contributed by atoms with Crippen molar-refractivity contribution in [2.24, 2.45) is 5.73 Å². The number of amides is 1. The summed E-state index contributed by atoms with van der Waals surface area (Å²) < 4.78 is 9.81. The van der Waals surface area contributed by atoms with E-state index in [9.17, 15) is 9.59 Å². The van der Waals surface area contributed by atoms with Crippen molar-refractivity contribution in [2.45, 2.75) is 33.1 Å². The first-order valence-electron chi connectivity index (χ1n) is 5.98. The Bertz CT molecular complexity index is 271. The maximum absolute atomic E-state index is 11.7. The van der Waals surface area contributed by atoms with E-state index in [1.807, 2.05) is 6.92 Å². The van der Waals surface area contributed by atoms with Crippen molar-refractivity contribution in [3.63, 3.8) is 0 Å². The molecule has 0 aliphatic rings. The molecule has 18 heavy (non-hydrogen) atoms. The number of hydrogen-bond acceptors (Lipinski definition) is 6. The number of ether oxygens (including phenoxy) is 2. The molecule has 0 aliphatic carbocycles. The second-order valence-corrected chi connectivity index (χ2v) is 3.86. The molecule has 0 rings (SSSR count). The normalized spacial score (nSPS) is 13.6. The summed E-state index contributed by atoms with van der Waals surface area (Å²) in [6, 6.07) is -0.738. The van der Waals surface area contributed by atoms with Crippen LogP contribution < -0.4 is 11.1 Å². The summed E-state index contributed by atoms with van der Waals surface area (Å²) in [6.07, 6.45) is -1.46. The lowest BCUT2D eigenvalue weighted by Gasteiger charge is -2.23. The van der Waals surface area contributed by atoms with Crippen LogP contribution in [0.4, 0.5) is 4.79 Å². The molecule has 0 heterocycles. The van der Waals surface area contributed by atoms with Crippen LogP contribution >= 0.6 is 0 Å². The van der Waals surface area contributed by atoms with Gasteiger partial charge in [-0.1, -0.05) is 0 Å². The molecular weight excluding hydrogens is 238 g/mol. The second kappa shape index (κ2) is 8.71. The molecule has 0 saturated heterocycles. The van der Waals surface area contributed by atoms with E-state index in [1.54, 1.807) is 7.05 Å². The first-order valence-corrected chi connectivity index (χ1v) is 5.98. The van der Waals surface area contributed by atoms with Gasteiger partial charge in [0.15, 0.2) is 0 Å². The van der Waals surface area contributed by atoms with Gasteiger partial charge in [-0.3, -0.25) is 4.79 Å². The van der Waals surface area contributed by atoms with Crippen LogP contribution in [0.1, 0.15) is 20.8 Å². The molecule has 0 spiro atoms. The van der Waals surface area contributed by atoms with Gasteiger partial charge in [0.25, 0.3) is 0 Å². The predicted octanol–water partition coefficient (Wildman–Crippen LogP) is -0.0993. The smallest absolute Gasteiger partial charge is 0.412 e. The van der Waals surface area contributed by atoms with Gasteiger partial charge in [0.05, 0.1) is 0 Å². The molecule has 1 amide bonds. The Morgan fingerprint density at radius 2 is 1.94 bits per heavy atom. The fourth-order valence-corrected chi connectivity index (χ4v) is 1.14. The minimum Gasteiger partial charge on any atom is -0.424 e. The minimum atomic E-state index is -0.945. The molecule has 0 aromatic heterocycles. The van der Waals surface area contributed by atoms with E-state index in [2.05, 4.69) is 5.32 Å². The molecule has 0 aromatic carbocycles. The number of likely N-dealkylation sites (N-methyl/N-ethyl adjacent to an activating group) is 2. The highest BCUT2D eigenvalue weighted by Gasteiger charge is 2.19. The van der Waals surface area contributed by atoms with Gasteiger partial charge in [-0.15, -0.1) is 0 Å². The van der Waals surface area contributed by atoms with Crippen molar-refractivity contribution in [1.29, 1.82) is 0 Å². The molecule has 2 unspecified atom stereocenters. The standard InChI is InChI=1S/C11H23N3O4/c1-5-14(7-6-13-4)11(16)18-9(3)17-10(15)8(2)12/h8-9,13H,5-7,12H2,1-4H3. The molecule has 106 valence electrons. The summed E-state index contributed by atoms with van der Waals surface area (Å²) in [5.74, 6) is -0.603. The van der Waals surface area contributed by atoms with E-state index in [0.29, 0.717) is 19.6 Å². The Kier molecular flexibility index (Phi) is 8.06. The monoisotopic (exact) mass is 261 g/mol. The Hall–Kier alpha value is -1.34. The summed E-state index contributed by atoms with van der Waals surface area (Å²) in [7, 11) is 1.80. The average Bonchev–Trinajstić information content (AvgIpc) is 2.29. The van der Waals surface area contributed by atoms with Crippen molar-refractivity contribution >= 4 is 12.1 Å². The van der Waals surface area contributed by atoms with Crippen LogP contribution in [0, 0.1) is 0 Å². The highest BCUT2D eigenvalue weighted by atomic mass is 16.7. The van der Waals surface area contributed by atoms with Crippen molar-refractivity contribution in [3.8, 4) is 0 Å². The number of rotatable bonds is 7. The van der Waals surface area contributed by atoms with E-state index in [4.69, 9.17) is 15.2 Å². The van der Waals surface area contributed by atoms with Crippen LogP contribution in [0.5, 0.6) is 0 Å². The molecule has 7 heteroatoms. The molecule has 0 aromatic rings. The maximum atomic E-state index is 11.7. The topological polar surface area (TPSA) is 93.9 Å². The lowest BCUT2D eigenvalue weighted by Crippen LogP contribution is -2.39. The first-order chi connectivity index (χ1) is 8.42. The largest absolute Gasteiger partial charge is 0.424 e. The Balaban J connectivity index is 4.15. The Morgan fingerprint density at radius 3 is 2.39 bits per heavy atom. The number of nitrogens with one attached hydrogen (secondary N) is 1. The molecule has 0 fully saturated rings. The van der Waals surface area contributed by atoms with Crippen molar-refractivity contribution in [2.75, 3.05) is 26.7 Å². The number of esters is 1. The van der Waals surface area contributed by atoms with E-state index >= 15 is 0 Å². The van der Waals surface area contributed by atoms with Crippen LogP contribution in [0.15, 0.2) is 0 Å². The lowest BCUT2D eigenvalue weighted by molar-refractivity contribution is -0.167. The second-order valence-electron chi connectivity index (χ2n) is 3.86. The number of nitrogens with zero attached hydrogens (tertiary/aromatic N) is 1. The van der Waals surface area contributed by atoms with E-state index in [1.165, 1.54) is 18.7 Å². The van der Waals surface area contributed by atoms with Crippen LogP contribution in [0.3, 0.4) is 0 Å². The number of hydrogen-bond donors (Lipinski definition) is 2. The number of carbonyl (C=O) groups is 2. The van der Waals surface area contributed by atoms with Crippen molar-refractivity contribution in [3.05, 3.63) is 0 Å². The lowest BCUT2D eigenvalue weighted by atomic mass is 10.4. The summed E-state index contributed by atoms with van der Waals surface area (Å²) in [4.78, 5) is 24.4. The van der Waals surface area contributed by atoms with Gasteiger partial charge in [0.2, 0.25) is 6.29 Å². The fraction of sp³-hybridized carbons (Fsp3) is 0.818. The van der Waals surface area contributed by atoms with E-state index in [0.717, 1.165) is 0 Å². The summed E-state index contributed by atoms with van der Waals surface area (Å²) in [5.41, 5.74) is 5.33. The zero-order valence-electron chi connectivity index (χ0n) is 11.4. The zero-order valence-corrected chi connectivity index (χ0v) is 11.4. The molecule has 0 saturated carbocycles. The number of nitrogens with two attached hydrogens (primary N) is 1. The van der Waals surface area contributed by atoms with Gasteiger partial charge in [0, 0.05) is 26.6 Å². The summed E-state index contributed by atoms with van der Waals surface area (Å²) in [5, 5.41) is 2.94. The van der Waals surface area contributed by atoms with E-state index in [-0.39, 0.29) is 0 Å². The van der Waals surface area contributed by atoms with Gasteiger partial charge in [0.1, 0.15) is 6.04 Å². The average molecular weight is 261 g/mol. The summed E-state index contributed by atoms with van der Waals surface area (Å²) >= 11 is 0. The summed E-state index contributed by atoms with van der Waals surface area (Å²) in [6.45, 7) is 6.53. The Morgan fingerprint density at radius 1 is 1.33 bits per heavy atom. The van der Waals surface area contributed by atoms with Gasteiger partial charge in [-0.2, -0.15) is 0 Å². The predicted molar refractivity (Wildman–Crippen MR) is 66.9 cm³/mol. The first kappa shape index (κ1) is 16.7.